The van der Waals surface area contributed by atoms with Gasteiger partial charge >= 0.3 is 6.03 Å². The Balaban J connectivity index is 1.93. The maximum absolute atomic E-state index is 12.0. The summed E-state index contributed by atoms with van der Waals surface area (Å²) in [6, 6.07) is 7.53. The third-order valence-electron chi connectivity index (χ3n) is 4.21. The summed E-state index contributed by atoms with van der Waals surface area (Å²) in [5, 5.41) is 6.53. The summed E-state index contributed by atoms with van der Waals surface area (Å²) >= 11 is 6.32. The Hall–Kier alpha value is -1.07. The molecule has 0 radical (unpaired) electrons. The standard InChI is InChI=1S/C16H23ClN2O2S/c1-12(10-22(2)21)19-15(20)18-11-16(8-5-9-16)13-6-3-4-7-14(13)17/h3-4,6-7,12H,5,8-11H2,1-2H3,(H2,18,19,20)/t12-,22-/m1/s1. The molecule has 1 aliphatic carbocycles. The Labute approximate surface area is 139 Å². The molecule has 0 bridgehead atoms. The number of halogens is 1. The van der Waals surface area contributed by atoms with Crippen molar-refractivity contribution >= 4 is 28.4 Å². The average Bonchev–Trinajstić information content (AvgIpc) is 2.38. The molecule has 0 aliphatic heterocycles. The van der Waals surface area contributed by atoms with Crippen molar-refractivity contribution in [2.45, 2.75) is 37.6 Å². The second-order valence-electron chi connectivity index (χ2n) is 6.08. The summed E-state index contributed by atoms with van der Waals surface area (Å²) in [6.45, 7) is 2.43. The second-order valence-corrected chi connectivity index (χ2v) is 7.97. The van der Waals surface area contributed by atoms with Crippen molar-refractivity contribution in [3.63, 3.8) is 0 Å². The lowest BCUT2D eigenvalue weighted by Gasteiger charge is -2.43. The zero-order chi connectivity index (χ0) is 16.2. The highest BCUT2D eigenvalue weighted by Crippen LogP contribution is 2.45. The summed E-state index contributed by atoms with van der Waals surface area (Å²) in [6.07, 6.45) is 4.85. The van der Waals surface area contributed by atoms with E-state index < -0.39 is 10.8 Å². The number of rotatable bonds is 6. The molecule has 1 fully saturated rings. The van der Waals surface area contributed by atoms with Gasteiger partial charge < -0.3 is 10.6 Å². The van der Waals surface area contributed by atoms with Crippen LogP contribution >= 0.6 is 11.6 Å². The quantitative estimate of drug-likeness (QED) is 0.835. The highest BCUT2D eigenvalue weighted by molar-refractivity contribution is 7.84. The number of benzene rings is 1. The van der Waals surface area contributed by atoms with Crippen molar-refractivity contribution in [3.05, 3.63) is 34.9 Å². The SMILES string of the molecule is C[C@H](C[S@@](C)=O)NC(=O)NCC1(c2ccccc2Cl)CCC1. The van der Waals surface area contributed by atoms with Gasteiger partial charge in [0.1, 0.15) is 0 Å². The molecule has 0 heterocycles. The third kappa shape index (κ3) is 4.23. The summed E-state index contributed by atoms with van der Waals surface area (Å²) in [7, 11) is -0.916. The van der Waals surface area contributed by atoms with Gasteiger partial charge in [0, 0.05) is 45.8 Å². The van der Waals surface area contributed by atoms with Crippen molar-refractivity contribution in [2.75, 3.05) is 18.6 Å². The van der Waals surface area contributed by atoms with Crippen LogP contribution in [-0.2, 0) is 16.2 Å². The fraction of sp³-hybridized carbons (Fsp3) is 0.562. The predicted octanol–water partition coefficient (Wildman–Crippen LogP) is 2.83. The second kappa shape index (κ2) is 7.47. The molecule has 1 aromatic carbocycles. The van der Waals surface area contributed by atoms with Gasteiger partial charge in [0.25, 0.3) is 0 Å². The van der Waals surface area contributed by atoms with E-state index in [0.717, 1.165) is 29.8 Å². The van der Waals surface area contributed by atoms with E-state index >= 15 is 0 Å². The smallest absolute Gasteiger partial charge is 0.315 e. The van der Waals surface area contributed by atoms with E-state index in [1.807, 2.05) is 31.2 Å². The van der Waals surface area contributed by atoms with E-state index in [4.69, 9.17) is 11.6 Å². The van der Waals surface area contributed by atoms with E-state index in [1.54, 1.807) is 6.26 Å². The summed E-state index contributed by atoms with van der Waals surface area (Å²) in [5.41, 5.74) is 1.07. The lowest BCUT2D eigenvalue weighted by molar-refractivity contribution is 0.213. The Kier molecular flexibility index (Phi) is 5.87. The fourth-order valence-electron chi connectivity index (χ4n) is 2.95. The molecule has 6 heteroatoms. The Morgan fingerprint density at radius 2 is 2.09 bits per heavy atom. The molecule has 0 unspecified atom stereocenters. The molecule has 2 atom stereocenters. The van der Waals surface area contributed by atoms with Crippen LogP contribution in [0.4, 0.5) is 4.79 Å². The molecular formula is C16H23ClN2O2S. The maximum atomic E-state index is 12.0. The topological polar surface area (TPSA) is 58.2 Å². The largest absolute Gasteiger partial charge is 0.337 e. The number of hydrogen-bond acceptors (Lipinski definition) is 2. The van der Waals surface area contributed by atoms with Crippen LogP contribution in [0.3, 0.4) is 0 Å². The predicted molar refractivity (Wildman–Crippen MR) is 91.9 cm³/mol. The van der Waals surface area contributed by atoms with Crippen LogP contribution in [0.2, 0.25) is 5.02 Å². The van der Waals surface area contributed by atoms with E-state index in [2.05, 4.69) is 10.6 Å². The van der Waals surface area contributed by atoms with Gasteiger partial charge in [-0.25, -0.2) is 4.79 Å². The van der Waals surface area contributed by atoms with Gasteiger partial charge in [-0.2, -0.15) is 0 Å². The molecule has 22 heavy (non-hydrogen) atoms. The minimum Gasteiger partial charge on any atom is -0.337 e. The molecule has 122 valence electrons. The number of amides is 2. The van der Waals surface area contributed by atoms with Crippen molar-refractivity contribution in [2.24, 2.45) is 0 Å². The third-order valence-corrected chi connectivity index (χ3v) is 5.50. The highest BCUT2D eigenvalue weighted by atomic mass is 35.5. The molecule has 0 spiro atoms. The number of nitrogens with one attached hydrogen (secondary N) is 2. The number of hydrogen-bond donors (Lipinski definition) is 2. The molecule has 0 saturated heterocycles. The van der Waals surface area contributed by atoms with Crippen LogP contribution in [0.5, 0.6) is 0 Å². The zero-order valence-corrected chi connectivity index (χ0v) is 14.6. The van der Waals surface area contributed by atoms with Crippen LogP contribution in [0.15, 0.2) is 24.3 Å². The normalized spacial score (nSPS) is 18.9. The van der Waals surface area contributed by atoms with Gasteiger partial charge in [0.2, 0.25) is 0 Å². The zero-order valence-electron chi connectivity index (χ0n) is 13.0. The Bertz CT molecular complexity index is 561. The van der Waals surface area contributed by atoms with Gasteiger partial charge in [0.05, 0.1) is 0 Å². The lowest BCUT2D eigenvalue weighted by atomic mass is 9.64. The maximum Gasteiger partial charge on any atom is 0.315 e. The first kappa shape index (κ1) is 17.3. The monoisotopic (exact) mass is 342 g/mol. The van der Waals surface area contributed by atoms with Crippen LogP contribution < -0.4 is 10.6 Å². The van der Waals surface area contributed by atoms with Gasteiger partial charge in [-0.1, -0.05) is 36.2 Å². The first-order valence-electron chi connectivity index (χ1n) is 7.52. The minimum atomic E-state index is -0.916. The average molecular weight is 343 g/mol. The van der Waals surface area contributed by atoms with Crippen LogP contribution in [0.25, 0.3) is 0 Å². The summed E-state index contributed by atoms with van der Waals surface area (Å²) in [5.74, 6) is 0.461. The molecular weight excluding hydrogens is 320 g/mol. The fourth-order valence-corrected chi connectivity index (χ4v) is 4.08. The van der Waals surface area contributed by atoms with Gasteiger partial charge in [0.15, 0.2) is 0 Å². The minimum absolute atomic E-state index is 0.0491. The van der Waals surface area contributed by atoms with Gasteiger partial charge in [-0.3, -0.25) is 4.21 Å². The van der Waals surface area contributed by atoms with E-state index in [0.29, 0.717) is 12.3 Å². The summed E-state index contributed by atoms with van der Waals surface area (Å²) in [4.78, 5) is 12.0. The number of carbonyl (C=O) groups is 1. The van der Waals surface area contributed by atoms with Gasteiger partial charge in [-0.05, 0) is 31.4 Å². The molecule has 2 amide bonds. The number of urea groups is 1. The lowest BCUT2D eigenvalue weighted by Crippen LogP contribution is -2.50. The van der Waals surface area contributed by atoms with Crippen LogP contribution in [0.1, 0.15) is 31.7 Å². The van der Waals surface area contributed by atoms with E-state index in [9.17, 15) is 9.00 Å². The first-order chi connectivity index (χ1) is 10.4. The first-order valence-corrected chi connectivity index (χ1v) is 9.63. The van der Waals surface area contributed by atoms with Crippen molar-refractivity contribution in [1.29, 1.82) is 0 Å². The van der Waals surface area contributed by atoms with Gasteiger partial charge in [-0.15, -0.1) is 0 Å². The van der Waals surface area contributed by atoms with Crippen molar-refractivity contribution in [3.8, 4) is 0 Å². The Morgan fingerprint density at radius 1 is 1.41 bits per heavy atom. The molecule has 1 aliphatic rings. The molecule has 2 rings (SSSR count). The molecule has 1 aromatic rings. The van der Waals surface area contributed by atoms with E-state index in [-0.39, 0.29) is 17.5 Å². The molecule has 0 aromatic heterocycles. The van der Waals surface area contributed by atoms with Crippen LogP contribution in [-0.4, -0.2) is 34.8 Å². The molecule has 1 saturated carbocycles. The molecule has 4 nitrogen and oxygen atoms in total. The highest BCUT2D eigenvalue weighted by Gasteiger charge is 2.40. The van der Waals surface area contributed by atoms with Crippen molar-refractivity contribution < 1.29 is 9.00 Å². The summed E-state index contributed by atoms with van der Waals surface area (Å²) < 4.78 is 11.2. The van der Waals surface area contributed by atoms with E-state index in [1.165, 1.54) is 0 Å². The van der Waals surface area contributed by atoms with Crippen LogP contribution in [0, 0.1) is 0 Å². The Morgan fingerprint density at radius 3 is 2.64 bits per heavy atom. The van der Waals surface area contributed by atoms with Crippen molar-refractivity contribution in [1.82, 2.24) is 10.6 Å². The number of carbonyl (C=O) groups excluding carboxylic acids is 1. The molecule has 2 N–H and O–H groups in total.